The van der Waals surface area contributed by atoms with Gasteiger partial charge in [-0.1, -0.05) is 13.8 Å². The molecule has 4 heteroatoms. The first kappa shape index (κ1) is 8.36. The Morgan fingerprint density at radius 2 is 2.00 bits per heavy atom. The van der Waals surface area contributed by atoms with Gasteiger partial charge >= 0.3 is 14.8 Å². The molecule has 0 spiro atoms. The number of hydrogen-bond donors (Lipinski definition) is 0. The van der Waals surface area contributed by atoms with Crippen LogP contribution in [-0.2, 0) is 3.83 Å². The maximum atomic E-state index is 9.76. The SMILES string of the molecule is CC(C)CO[Br+2]([O-])[O-]. The molecule has 3 nitrogen and oxygen atoms in total. The fourth-order valence-electron chi connectivity index (χ4n) is 0.177. The van der Waals surface area contributed by atoms with Crippen LogP contribution in [0.15, 0.2) is 0 Å². The van der Waals surface area contributed by atoms with Gasteiger partial charge in [-0.2, -0.15) is 0 Å². The highest BCUT2D eigenvalue weighted by Crippen LogP contribution is 1.92. The highest BCUT2D eigenvalue weighted by Gasteiger charge is 2.09. The van der Waals surface area contributed by atoms with E-state index >= 15 is 0 Å². The molecule has 0 saturated heterocycles. The van der Waals surface area contributed by atoms with Crippen LogP contribution in [0, 0.1) is 20.7 Å². The molecule has 0 atom stereocenters. The van der Waals surface area contributed by atoms with Crippen molar-refractivity contribution >= 4 is 0 Å². The molecule has 0 radical (unpaired) electrons. The van der Waals surface area contributed by atoms with Gasteiger partial charge in [0.15, 0.2) is 0 Å². The van der Waals surface area contributed by atoms with Gasteiger partial charge in [-0.05, 0) is 9.75 Å². The molecule has 0 bridgehead atoms. The molecule has 0 unspecified atom stereocenters. The van der Waals surface area contributed by atoms with Gasteiger partial charge in [-0.15, -0.1) is 0 Å². The fourth-order valence-corrected chi connectivity index (χ4v) is 0.922. The van der Waals surface area contributed by atoms with Crippen LogP contribution >= 0.6 is 0 Å². The topological polar surface area (TPSA) is 55.3 Å². The van der Waals surface area contributed by atoms with Crippen LogP contribution in [0.2, 0.25) is 0 Å². The van der Waals surface area contributed by atoms with Crippen molar-refractivity contribution in [2.45, 2.75) is 13.8 Å². The summed E-state index contributed by atoms with van der Waals surface area (Å²) in [6, 6.07) is 0. The van der Waals surface area contributed by atoms with Gasteiger partial charge in [0.1, 0.15) is 6.61 Å². The molecule has 0 aliphatic heterocycles. The van der Waals surface area contributed by atoms with Crippen molar-refractivity contribution in [1.29, 1.82) is 0 Å². The molecule has 8 heavy (non-hydrogen) atoms. The Morgan fingerprint density at radius 3 is 2.12 bits per heavy atom. The van der Waals surface area contributed by atoms with E-state index in [4.69, 9.17) is 0 Å². The average Bonchev–Trinajstić information content (AvgIpc) is 1.61. The van der Waals surface area contributed by atoms with Gasteiger partial charge in [0.2, 0.25) is 0 Å². The third kappa shape index (κ3) is 6.36. The maximum Gasteiger partial charge on any atom is 0.436 e. The smallest absolute Gasteiger partial charge is 0.372 e. The highest BCUT2D eigenvalue weighted by atomic mass is 80.0. The predicted octanol–water partition coefficient (Wildman–Crippen LogP) is -1.25. The Balaban J connectivity index is 2.93. The van der Waals surface area contributed by atoms with Gasteiger partial charge < -0.3 is 8.40 Å². The summed E-state index contributed by atoms with van der Waals surface area (Å²) in [7, 11) is 0. The van der Waals surface area contributed by atoms with E-state index in [1.807, 2.05) is 13.8 Å². The zero-order valence-corrected chi connectivity index (χ0v) is 6.47. The molecule has 0 aliphatic rings. The third-order valence-corrected chi connectivity index (χ3v) is 1.12. The Bertz CT molecular complexity index is 47.2. The standard InChI is InChI=1S/C4H9BrO3/c1-4(2)3-8-5(6)7/h4H,3H2,1-2H3. The highest BCUT2D eigenvalue weighted by molar-refractivity contribution is 4.33. The minimum Gasteiger partial charge on any atom is -0.372 e. The second-order valence-corrected chi connectivity index (χ2v) is 3.11. The van der Waals surface area contributed by atoms with Crippen molar-refractivity contribution in [2.24, 2.45) is 5.92 Å². The Labute approximate surface area is 54.1 Å². The number of hydrogen-bond acceptors (Lipinski definition) is 3. The van der Waals surface area contributed by atoms with Gasteiger partial charge in [0.05, 0.1) is 0 Å². The lowest BCUT2D eigenvalue weighted by molar-refractivity contribution is -1.63. The summed E-state index contributed by atoms with van der Waals surface area (Å²) in [5.74, 6) is 0.290. The first-order valence-electron chi connectivity index (χ1n) is 2.31. The molecule has 0 heterocycles. The second kappa shape index (κ2) is 4.26. The van der Waals surface area contributed by atoms with Crippen molar-refractivity contribution in [3.63, 3.8) is 0 Å². The normalized spacial score (nSPS) is 11.2. The quantitative estimate of drug-likeness (QED) is 0.551. The zero-order valence-electron chi connectivity index (χ0n) is 4.89. The molecule has 0 rings (SSSR count). The van der Waals surface area contributed by atoms with Gasteiger partial charge in [0, 0.05) is 0 Å². The zero-order chi connectivity index (χ0) is 6.57. The Kier molecular flexibility index (Phi) is 4.45. The Hall–Kier alpha value is 0.360. The molecule has 0 aliphatic carbocycles. The van der Waals surface area contributed by atoms with Gasteiger partial charge in [-0.25, -0.2) is 0 Å². The van der Waals surface area contributed by atoms with E-state index < -0.39 is 14.8 Å². The van der Waals surface area contributed by atoms with Crippen molar-refractivity contribution in [1.82, 2.24) is 0 Å². The minimum atomic E-state index is -2.95. The summed E-state index contributed by atoms with van der Waals surface area (Å²) in [5.41, 5.74) is 0. The van der Waals surface area contributed by atoms with Crippen LogP contribution in [0.3, 0.4) is 0 Å². The molecular weight excluding hydrogens is 176 g/mol. The molecule has 0 N–H and O–H groups in total. The lowest BCUT2D eigenvalue weighted by Crippen LogP contribution is -2.35. The molecule has 0 fully saturated rings. The molecule has 0 aromatic rings. The minimum absolute atomic E-state index is 0.290. The van der Waals surface area contributed by atoms with Crippen molar-refractivity contribution < 1.29 is 27.0 Å². The molecule has 0 saturated carbocycles. The molecule has 0 aromatic carbocycles. The summed E-state index contributed by atoms with van der Waals surface area (Å²) in [4.78, 5) is 0. The van der Waals surface area contributed by atoms with Crippen LogP contribution in [0.5, 0.6) is 0 Å². The lowest BCUT2D eigenvalue weighted by Gasteiger charge is -1.95. The average molecular weight is 185 g/mol. The summed E-state index contributed by atoms with van der Waals surface area (Å²) >= 11 is -2.95. The van der Waals surface area contributed by atoms with Crippen LogP contribution in [0.25, 0.3) is 0 Å². The van der Waals surface area contributed by atoms with E-state index in [1.54, 1.807) is 0 Å². The van der Waals surface area contributed by atoms with Gasteiger partial charge in [-0.3, -0.25) is 0 Å². The maximum absolute atomic E-state index is 9.76. The molecule has 0 amide bonds. The third-order valence-electron chi connectivity index (χ3n) is 0.485. The second-order valence-electron chi connectivity index (χ2n) is 1.86. The van der Waals surface area contributed by atoms with E-state index in [0.29, 0.717) is 12.5 Å². The molecule has 50 valence electrons. The number of rotatable bonds is 3. The molecular formula is C4H9BrO3. The van der Waals surface area contributed by atoms with E-state index in [2.05, 4.69) is 3.83 Å². The van der Waals surface area contributed by atoms with Crippen LogP contribution in [0.4, 0.5) is 0 Å². The monoisotopic (exact) mass is 184 g/mol. The van der Waals surface area contributed by atoms with Crippen molar-refractivity contribution in [3.8, 4) is 0 Å². The number of halogens is 1. The van der Waals surface area contributed by atoms with Crippen LogP contribution in [-0.4, -0.2) is 6.61 Å². The van der Waals surface area contributed by atoms with Gasteiger partial charge in [0.25, 0.3) is 0 Å². The van der Waals surface area contributed by atoms with E-state index in [0.717, 1.165) is 0 Å². The summed E-state index contributed by atoms with van der Waals surface area (Å²) < 4.78 is 23.8. The lowest BCUT2D eigenvalue weighted by atomic mass is 10.2. The van der Waals surface area contributed by atoms with E-state index in [1.165, 1.54) is 0 Å². The first-order chi connectivity index (χ1) is 3.63. The largest absolute Gasteiger partial charge is 0.436 e. The van der Waals surface area contributed by atoms with Crippen molar-refractivity contribution in [2.75, 3.05) is 6.61 Å². The first-order valence-corrected chi connectivity index (χ1v) is 4.26. The van der Waals surface area contributed by atoms with Crippen LogP contribution < -0.4 is 8.40 Å². The van der Waals surface area contributed by atoms with Crippen molar-refractivity contribution in [3.05, 3.63) is 0 Å². The van der Waals surface area contributed by atoms with E-state index in [-0.39, 0.29) is 0 Å². The van der Waals surface area contributed by atoms with E-state index in [9.17, 15) is 8.40 Å². The summed E-state index contributed by atoms with van der Waals surface area (Å²) in [5, 5.41) is 0. The summed E-state index contributed by atoms with van der Waals surface area (Å²) in [6.07, 6.45) is 0. The fraction of sp³-hybridized carbons (Fsp3) is 1.00. The predicted molar refractivity (Wildman–Crippen MR) is 20.8 cm³/mol. The summed E-state index contributed by atoms with van der Waals surface area (Å²) in [6.45, 7) is 4.10. The molecule has 0 aromatic heterocycles. The van der Waals surface area contributed by atoms with Crippen LogP contribution in [0.1, 0.15) is 13.8 Å². The Morgan fingerprint density at radius 1 is 1.50 bits per heavy atom.